The molecule has 0 aromatic heterocycles. The number of nitrogens with one attached hydrogen (secondary N) is 1. The molecule has 1 heterocycles. The largest absolute Gasteiger partial charge is 0.507 e. The highest BCUT2D eigenvalue weighted by atomic mass is 79.9. The van der Waals surface area contributed by atoms with Crippen molar-refractivity contribution in [2.24, 2.45) is 0 Å². The Morgan fingerprint density at radius 1 is 1.08 bits per heavy atom. The average molecular weight is 452 g/mol. The van der Waals surface area contributed by atoms with Gasteiger partial charge in [0.2, 0.25) is 0 Å². The van der Waals surface area contributed by atoms with Crippen LogP contribution >= 0.6 is 31.9 Å². The fourth-order valence-corrected chi connectivity index (χ4v) is 2.93. The molecule has 1 fully saturated rings. The Kier molecular flexibility index (Phi) is 4.73. The van der Waals surface area contributed by atoms with Crippen molar-refractivity contribution in [3.8, 4) is 5.75 Å². The maximum atomic E-state index is 12.4. The van der Waals surface area contributed by atoms with Crippen molar-refractivity contribution in [2.75, 3.05) is 0 Å². The van der Waals surface area contributed by atoms with E-state index >= 15 is 0 Å². The summed E-state index contributed by atoms with van der Waals surface area (Å²) >= 11 is 6.57. The average Bonchev–Trinajstić information content (AvgIpc) is 2.80. The summed E-state index contributed by atoms with van der Waals surface area (Å²) in [4.78, 5) is 25.7. The minimum Gasteiger partial charge on any atom is -0.507 e. The third kappa shape index (κ3) is 3.52. The number of benzene rings is 2. The van der Waals surface area contributed by atoms with Gasteiger partial charge in [-0.25, -0.2) is 4.79 Å². The van der Waals surface area contributed by atoms with E-state index in [-0.39, 0.29) is 23.9 Å². The Morgan fingerprint density at radius 2 is 1.79 bits per heavy atom. The Hall–Kier alpha value is -2.12. The van der Waals surface area contributed by atoms with Crippen LogP contribution in [0.1, 0.15) is 11.1 Å². The van der Waals surface area contributed by atoms with Crippen LogP contribution in [0.5, 0.6) is 5.75 Å². The molecule has 122 valence electrons. The quantitative estimate of drug-likeness (QED) is 0.547. The van der Waals surface area contributed by atoms with E-state index in [1.807, 2.05) is 24.3 Å². The molecule has 0 radical (unpaired) electrons. The minimum atomic E-state index is -0.452. The predicted molar refractivity (Wildman–Crippen MR) is 97.0 cm³/mol. The van der Waals surface area contributed by atoms with Gasteiger partial charge in [-0.05, 0) is 57.4 Å². The molecule has 2 aromatic rings. The number of aromatic hydroxyl groups is 1. The first-order valence-electron chi connectivity index (χ1n) is 7.01. The molecule has 7 heteroatoms. The van der Waals surface area contributed by atoms with Gasteiger partial charge in [0, 0.05) is 4.47 Å². The number of carbonyl (C=O) groups excluding carboxylic acids is 2. The van der Waals surface area contributed by atoms with Crippen LogP contribution in [0.2, 0.25) is 0 Å². The molecule has 3 rings (SSSR count). The van der Waals surface area contributed by atoms with Crippen molar-refractivity contribution in [1.82, 2.24) is 10.2 Å². The summed E-state index contributed by atoms with van der Waals surface area (Å²) in [7, 11) is 0. The van der Waals surface area contributed by atoms with E-state index in [9.17, 15) is 14.7 Å². The highest BCUT2D eigenvalue weighted by Crippen LogP contribution is 2.26. The maximum absolute atomic E-state index is 12.4. The van der Waals surface area contributed by atoms with E-state index < -0.39 is 6.03 Å². The van der Waals surface area contributed by atoms with E-state index in [1.165, 1.54) is 6.07 Å². The summed E-state index contributed by atoms with van der Waals surface area (Å²) in [5.41, 5.74) is 1.75. The summed E-state index contributed by atoms with van der Waals surface area (Å²) < 4.78 is 1.45. The molecule has 1 aliphatic rings. The molecule has 0 spiro atoms. The molecule has 0 unspecified atom stereocenters. The normalized spacial score (nSPS) is 15.9. The Bertz CT molecular complexity index is 847. The Labute approximate surface area is 155 Å². The van der Waals surface area contributed by atoms with Gasteiger partial charge < -0.3 is 10.4 Å². The number of hydrogen-bond donors (Lipinski definition) is 2. The number of carbonyl (C=O) groups is 2. The standard InChI is InChI=1S/C17H12Br2N2O3/c18-12-4-1-10(2-5-12)9-21-16(23)14(20-17(21)24)8-11-3-6-15(22)13(19)7-11/h1-8,22H,9H2,(H,20,24)/b14-8-. The van der Waals surface area contributed by atoms with Gasteiger partial charge in [0.15, 0.2) is 0 Å². The Morgan fingerprint density at radius 3 is 2.46 bits per heavy atom. The zero-order valence-corrected chi connectivity index (χ0v) is 15.5. The minimum absolute atomic E-state index is 0.107. The van der Waals surface area contributed by atoms with Gasteiger partial charge in [-0.15, -0.1) is 0 Å². The zero-order chi connectivity index (χ0) is 17.3. The van der Waals surface area contributed by atoms with Crippen LogP contribution in [-0.4, -0.2) is 21.9 Å². The molecule has 0 bridgehead atoms. The monoisotopic (exact) mass is 450 g/mol. The highest BCUT2D eigenvalue weighted by molar-refractivity contribution is 9.10. The number of rotatable bonds is 3. The van der Waals surface area contributed by atoms with Crippen molar-refractivity contribution < 1.29 is 14.7 Å². The van der Waals surface area contributed by atoms with Crippen molar-refractivity contribution in [3.05, 3.63) is 68.2 Å². The molecule has 3 amide bonds. The lowest BCUT2D eigenvalue weighted by molar-refractivity contribution is -0.123. The number of phenols is 1. The lowest BCUT2D eigenvalue weighted by Crippen LogP contribution is -2.30. The second-order valence-electron chi connectivity index (χ2n) is 5.22. The number of halogens is 2. The number of nitrogens with zero attached hydrogens (tertiary/aromatic N) is 1. The van der Waals surface area contributed by atoms with Crippen molar-refractivity contribution in [3.63, 3.8) is 0 Å². The molecule has 2 N–H and O–H groups in total. The van der Waals surface area contributed by atoms with Gasteiger partial charge in [-0.1, -0.05) is 34.1 Å². The molecule has 1 saturated heterocycles. The fourth-order valence-electron chi connectivity index (χ4n) is 2.27. The Balaban J connectivity index is 1.81. The molecule has 0 atom stereocenters. The summed E-state index contributed by atoms with van der Waals surface area (Å²) in [6, 6.07) is 11.8. The third-order valence-corrected chi connectivity index (χ3v) is 4.66. The van der Waals surface area contributed by atoms with E-state index in [2.05, 4.69) is 37.2 Å². The van der Waals surface area contributed by atoms with Crippen LogP contribution in [0.3, 0.4) is 0 Å². The first kappa shape index (κ1) is 16.7. The van der Waals surface area contributed by atoms with E-state index in [4.69, 9.17) is 0 Å². The lowest BCUT2D eigenvalue weighted by atomic mass is 10.2. The SMILES string of the molecule is O=C1N/C(=C\c2ccc(O)c(Br)c2)C(=O)N1Cc1ccc(Br)cc1. The summed E-state index contributed by atoms with van der Waals surface area (Å²) in [6.45, 7) is 0.203. The van der Waals surface area contributed by atoms with Crippen molar-refractivity contribution >= 4 is 49.9 Å². The van der Waals surface area contributed by atoms with Crippen molar-refractivity contribution in [1.29, 1.82) is 0 Å². The van der Waals surface area contributed by atoms with E-state index in [1.54, 1.807) is 18.2 Å². The molecule has 0 aliphatic carbocycles. The first-order valence-corrected chi connectivity index (χ1v) is 8.60. The van der Waals surface area contributed by atoms with Gasteiger partial charge in [0.1, 0.15) is 11.4 Å². The summed E-state index contributed by atoms with van der Waals surface area (Å²) in [6.07, 6.45) is 1.58. The highest BCUT2D eigenvalue weighted by Gasteiger charge is 2.33. The van der Waals surface area contributed by atoms with E-state index in [0.29, 0.717) is 10.0 Å². The van der Waals surface area contributed by atoms with Crippen LogP contribution in [0.4, 0.5) is 4.79 Å². The zero-order valence-electron chi connectivity index (χ0n) is 12.3. The number of imide groups is 1. The number of amides is 3. The molecule has 0 saturated carbocycles. The molecule has 1 aliphatic heterocycles. The van der Waals surface area contributed by atoms with Gasteiger partial charge in [0.25, 0.3) is 5.91 Å². The number of urea groups is 1. The summed E-state index contributed by atoms with van der Waals surface area (Å²) in [5, 5.41) is 12.1. The third-order valence-electron chi connectivity index (χ3n) is 3.50. The first-order chi connectivity index (χ1) is 11.4. The van der Waals surface area contributed by atoms with Crippen LogP contribution in [0.25, 0.3) is 6.08 Å². The number of hydrogen-bond acceptors (Lipinski definition) is 3. The van der Waals surface area contributed by atoms with Crippen LogP contribution in [0.15, 0.2) is 57.1 Å². The van der Waals surface area contributed by atoms with Gasteiger partial charge in [-0.2, -0.15) is 0 Å². The van der Waals surface area contributed by atoms with Gasteiger partial charge in [0.05, 0.1) is 11.0 Å². The molecule has 5 nitrogen and oxygen atoms in total. The van der Waals surface area contributed by atoms with Crippen LogP contribution < -0.4 is 5.32 Å². The van der Waals surface area contributed by atoms with Gasteiger partial charge >= 0.3 is 6.03 Å². The smallest absolute Gasteiger partial charge is 0.329 e. The second kappa shape index (κ2) is 6.78. The lowest BCUT2D eigenvalue weighted by Gasteiger charge is -2.11. The van der Waals surface area contributed by atoms with Crippen LogP contribution in [0, 0.1) is 0 Å². The van der Waals surface area contributed by atoms with Crippen LogP contribution in [-0.2, 0) is 11.3 Å². The molecular formula is C17H12Br2N2O3. The van der Waals surface area contributed by atoms with Crippen molar-refractivity contribution in [2.45, 2.75) is 6.54 Å². The second-order valence-corrected chi connectivity index (χ2v) is 6.99. The molecular weight excluding hydrogens is 440 g/mol. The van der Waals surface area contributed by atoms with E-state index in [0.717, 1.165) is 14.9 Å². The molecule has 24 heavy (non-hydrogen) atoms. The van der Waals surface area contributed by atoms with Gasteiger partial charge in [-0.3, -0.25) is 9.69 Å². The predicted octanol–water partition coefficient (Wildman–Crippen LogP) is 4.01. The topological polar surface area (TPSA) is 69.6 Å². The maximum Gasteiger partial charge on any atom is 0.329 e. The summed E-state index contributed by atoms with van der Waals surface area (Å²) in [5.74, 6) is -0.275. The molecule has 2 aromatic carbocycles. The fraction of sp³-hybridized carbons (Fsp3) is 0.0588. The number of phenolic OH excluding ortho intramolecular Hbond substituents is 1.